The molecule has 0 spiro atoms. The topological polar surface area (TPSA) is 62.1 Å². The number of nitrogens with zero attached hydrogens (tertiary/aromatic N) is 1. The summed E-state index contributed by atoms with van der Waals surface area (Å²) in [5, 5.41) is 10.9. The Morgan fingerprint density at radius 1 is 1.53 bits per heavy atom. The van der Waals surface area contributed by atoms with Crippen molar-refractivity contribution in [1.82, 2.24) is 5.32 Å². The highest BCUT2D eigenvalue weighted by atomic mass is 16.6. The summed E-state index contributed by atoms with van der Waals surface area (Å²) < 4.78 is 4.97. The quantitative estimate of drug-likeness (QED) is 0.819. The maximum atomic E-state index is 11.3. The molecule has 0 aromatic heterocycles. The first kappa shape index (κ1) is 11.1. The molecule has 0 aliphatic rings. The summed E-state index contributed by atoms with van der Waals surface area (Å²) in [4.78, 5) is 11.3. The lowest BCUT2D eigenvalue weighted by Gasteiger charge is -2.10. The van der Waals surface area contributed by atoms with Gasteiger partial charge in [-0.05, 0) is 19.1 Å². The van der Waals surface area contributed by atoms with Crippen LogP contribution in [-0.2, 0) is 0 Å². The zero-order chi connectivity index (χ0) is 11.1. The zero-order valence-corrected chi connectivity index (χ0v) is 8.43. The maximum absolute atomic E-state index is 11.3. The second kappa shape index (κ2) is 5.66. The number of para-hydroxylation sites is 1. The van der Waals surface area contributed by atoms with Gasteiger partial charge in [-0.3, -0.25) is 0 Å². The van der Waals surface area contributed by atoms with E-state index < -0.39 is 6.09 Å². The molecule has 0 heterocycles. The molecular formula is C11H12N2O2. The summed E-state index contributed by atoms with van der Waals surface area (Å²) in [6.45, 7) is 1.75. The van der Waals surface area contributed by atoms with E-state index in [0.717, 1.165) is 0 Å². The third kappa shape index (κ3) is 4.14. The predicted octanol–water partition coefficient (Wildman–Crippen LogP) is 2.08. The van der Waals surface area contributed by atoms with Crippen LogP contribution in [0.15, 0.2) is 30.3 Å². The lowest BCUT2D eigenvalue weighted by atomic mass is 10.3. The van der Waals surface area contributed by atoms with E-state index in [9.17, 15) is 4.79 Å². The molecule has 0 aliphatic heterocycles. The molecule has 0 bridgehead atoms. The number of benzene rings is 1. The molecule has 4 nitrogen and oxygen atoms in total. The minimum Gasteiger partial charge on any atom is -0.410 e. The van der Waals surface area contributed by atoms with Crippen molar-refractivity contribution in [3.8, 4) is 11.8 Å². The van der Waals surface area contributed by atoms with Crippen LogP contribution in [0.4, 0.5) is 4.79 Å². The number of ether oxygens (including phenoxy) is 1. The van der Waals surface area contributed by atoms with E-state index in [1.165, 1.54) is 0 Å². The van der Waals surface area contributed by atoms with Crippen molar-refractivity contribution in [2.24, 2.45) is 0 Å². The number of nitriles is 1. The van der Waals surface area contributed by atoms with Gasteiger partial charge in [-0.15, -0.1) is 0 Å². The van der Waals surface area contributed by atoms with E-state index >= 15 is 0 Å². The van der Waals surface area contributed by atoms with Gasteiger partial charge in [-0.1, -0.05) is 18.2 Å². The van der Waals surface area contributed by atoms with E-state index in [1.54, 1.807) is 31.2 Å². The summed E-state index contributed by atoms with van der Waals surface area (Å²) in [5.74, 6) is 0.485. The van der Waals surface area contributed by atoms with Crippen molar-refractivity contribution in [3.63, 3.8) is 0 Å². The van der Waals surface area contributed by atoms with Crippen molar-refractivity contribution in [1.29, 1.82) is 5.26 Å². The lowest BCUT2D eigenvalue weighted by Crippen LogP contribution is -2.34. The van der Waals surface area contributed by atoms with Gasteiger partial charge in [0, 0.05) is 6.04 Å². The zero-order valence-electron chi connectivity index (χ0n) is 8.43. The first-order chi connectivity index (χ1) is 7.22. The highest BCUT2D eigenvalue weighted by molar-refractivity contribution is 5.70. The molecule has 1 aromatic carbocycles. The van der Waals surface area contributed by atoms with E-state index in [4.69, 9.17) is 10.00 Å². The maximum Gasteiger partial charge on any atom is 0.412 e. The summed E-state index contributed by atoms with van der Waals surface area (Å²) in [5.41, 5.74) is 0. The van der Waals surface area contributed by atoms with Gasteiger partial charge in [0.2, 0.25) is 0 Å². The first-order valence-corrected chi connectivity index (χ1v) is 4.62. The Kier molecular flexibility index (Phi) is 4.17. The van der Waals surface area contributed by atoms with Gasteiger partial charge in [0.15, 0.2) is 0 Å². The number of carbonyl (C=O) groups is 1. The van der Waals surface area contributed by atoms with Crippen molar-refractivity contribution >= 4 is 6.09 Å². The van der Waals surface area contributed by atoms with E-state index in [-0.39, 0.29) is 12.5 Å². The van der Waals surface area contributed by atoms with E-state index in [2.05, 4.69) is 5.32 Å². The Hall–Kier alpha value is -2.02. The van der Waals surface area contributed by atoms with Crippen molar-refractivity contribution in [3.05, 3.63) is 30.3 Å². The van der Waals surface area contributed by atoms with Crippen molar-refractivity contribution in [2.45, 2.75) is 19.4 Å². The molecule has 1 aromatic rings. The van der Waals surface area contributed by atoms with E-state index in [1.807, 2.05) is 12.1 Å². The Bertz CT molecular complexity index is 357. The fraction of sp³-hybridized carbons (Fsp3) is 0.273. The summed E-state index contributed by atoms with van der Waals surface area (Å²) >= 11 is 0. The molecule has 0 saturated heterocycles. The number of carbonyl (C=O) groups excluding carboxylic acids is 1. The van der Waals surface area contributed by atoms with Crippen LogP contribution in [0, 0.1) is 11.3 Å². The van der Waals surface area contributed by atoms with Crippen molar-refractivity contribution in [2.75, 3.05) is 0 Å². The van der Waals surface area contributed by atoms with Crippen LogP contribution in [-0.4, -0.2) is 12.1 Å². The van der Waals surface area contributed by atoms with Crippen LogP contribution in [0.1, 0.15) is 13.3 Å². The first-order valence-electron chi connectivity index (χ1n) is 4.62. The molecule has 0 aliphatic carbocycles. The number of amides is 1. The Morgan fingerprint density at radius 2 is 2.20 bits per heavy atom. The fourth-order valence-electron chi connectivity index (χ4n) is 1.01. The largest absolute Gasteiger partial charge is 0.412 e. The number of nitrogens with one attached hydrogen (secondary N) is 1. The summed E-state index contributed by atoms with van der Waals surface area (Å²) in [7, 11) is 0. The minimum atomic E-state index is -0.538. The lowest BCUT2D eigenvalue weighted by molar-refractivity contribution is 0.197. The minimum absolute atomic E-state index is 0.203. The monoisotopic (exact) mass is 204 g/mol. The molecule has 0 saturated carbocycles. The molecule has 1 N–H and O–H groups in total. The average Bonchev–Trinajstić information content (AvgIpc) is 2.19. The number of hydrogen-bond acceptors (Lipinski definition) is 3. The smallest absolute Gasteiger partial charge is 0.410 e. The standard InChI is InChI=1S/C11H12N2O2/c1-9(7-8-12)13-11(14)15-10-5-3-2-4-6-10/h2-6,9H,7H2,1H3,(H,13,14). The van der Waals surface area contributed by atoms with Gasteiger partial charge < -0.3 is 10.1 Å². The molecule has 1 unspecified atom stereocenters. The van der Waals surface area contributed by atoms with Gasteiger partial charge in [-0.25, -0.2) is 4.79 Å². The molecule has 15 heavy (non-hydrogen) atoms. The third-order valence-electron chi connectivity index (χ3n) is 1.72. The van der Waals surface area contributed by atoms with Gasteiger partial charge in [-0.2, -0.15) is 5.26 Å². The second-order valence-electron chi connectivity index (χ2n) is 3.11. The highest BCUT2D eigenvalue weighted by Crippen LogP contribution is 2.08. The average molecular weight is 204 g/mol. The molecular weight excluding hydrogens is 192 g/mol. The second-order valence-corrected chi connectivity index (χ2v) is 3.11. The normalized spacial score (nSPS) is 11.2. The van der Waals surface area contributed by atoms with Crippen LogP contribution in [0.2, 0.25) is 0 Å². The van der Waals surface area contributed by atoms with Crippen molar-refractivity contribution < 1.29 is 9.53 Å². The van der Waals surface area contributed by atoms with Gasteiger partial charge >= 0.3 is 6.09 Å². The summed E-state index contributed by atoms with van der Waals surface area (Å²) in [6.07, 6.45) is -0.270. The van der Waals surface area contributed by atoms with Crippen LogP contribution >= 0.6 is 0 Å². The molecule has 1 rings (SSSR count). The van der Waals surface area contributed by atoms with Gasteiger partial charge in [0.25, 0.3) is 0 Å². The molecule has 78 valence electrons. The number of hydrogen-bond donors (Lipinski definition) is 1. The Morgan fingerprint density at radius 3 is 2.80 bits per heavy atom. The van der Waals surface area contributed by atoms with Crippen LogP contribution in [0.25, 0.3) is 0 Å². The molecule has 1 amide bonds. The van der Waals surface area contributed by atoms with Gasteiger partial charge in [0.1, 0.15) is 5.75 Å². The van der Waals surface area contributed by atoms with Gasteiger partial charge in [0.05, 0.1) is 12.5 Å². The molecule has 4 heteroatoms. The van der Waals surface area contributed by atoms with Crippen LogP contribution < -0.4 is 10.1 Å². The van der Waals surface area contributed by atoms with Crippen LogP contribution in [0.3, 0.4) is 0 Å². The highest BCUT2D eigenvalue weighted by Gasteiger charge is 2.07. The van der Waals surface area contributed by atoms with Crippen LogP contribution in [0.5, 0.6) is 5.75 Å². The van der Waals surface area contributed by atoms with E-state index in [0.29, 0.717) is 5.75 Å². The fourth-order valence-corrected chi connectivity index (χ4v) is 1.01. The molecule has 0 radical (unpaired) electrons. The predicted molar refractivity (Wildman–Crippen MR) is 55.3 cm³/mol. The molecule has 1 atom stereocenters. The number of rotatable bonds is 3. The Balaban J connectivity index is 2.41. The SMILES string of the molecule is CC(CC#N)NC(=O)Oc1ccccc1. The molecule has 0 fully saturated rings. The Labute approximate surface area is 88.5 Å². The third-order valence-corrected chi connectivity index (χ3v) is 1.72. The summed E-state index contributed by atoms with van der Waals surface area (Å²) in [6, 6.07) is 10.5.